The van der Waals surface area contributed by atoms with Gasteiger partial charge in [-0.05, 0) is 36.4 Å². The Morgan fingerprint density at radius 1 is 1.17 bits per heavy atom. The molecule has 0 radical (unpaired) electrons. The molecule has 0 saturated carbocycles. The third-order valence-electron chi connectivity index (χ3n) is 3.08. The van der Waals surface area contributed by atoms with E-state index in [4.69, 9.17) is 14.6 Å². The molecule has 94 valence electrons. The number of fused-ring (bicyclic) bond motifs is 2. The van der Waals surface area contributed by atoms with E-state index in [0.29, 0.717) is 13.2 Å². The van der Waals surface area contributed by atoms with Crippen LogP contribution in [0.3, 0.4) is 0 Å². The Morgan fingerprint density at radius 3 is 2.72 bits per heavy atom. The molecule has 0 bridgehead atoms. The second-order valence-corrected chi connectivity index (χ2v) is 4.30. The van der Waals surface area contributed by atoms with Crippen molar-refractivity contribution in [3.63, 3.8) is 0 Å². The Kier molecular flexibility index (Phi) is 3.02. The summed E-state index contributed by atoms with van der Waals surface area (Å²) in [7, 11) is 0. The number of aliphatic hydroxyl groups excluding tert-OH is 1. The van der Waals surface area contributed by atoms with Gasteiger partial charge < -0.3 is 14.6 Å². The van der Waals surface area contributed by atoms with Gasteiger partial charge in [-0.15, -0.1) is 0 Å². The molecule has 3 rings (SSSR count). The first-order valence-corrected chi connectivity index (χ1v) is 6.16. The molecule has 0 spiro atoms. The number of aliphatic hydroxyl groups is 1. The van der Waals surface area contributed by atoms with Crippen LogP contribution < -0.4 is 9.47 Å². The number of hydrogen-bond donors (Lipinski definition) is 1. The van der Waals surface area contributed by atoms with Gasteiger partial charge in [0.25, 0.3) is 0 Å². The van der Waals surface area contributed by atoms with Crippen molar-refractivity contribution in [3.05, 3.63) is 30.1 Å². The van der Waals surface area contributed by atoms with E-state index >= 15 is 0 Å². The van der Waals surface area contributed by atoms with Gasteiger partial charge in [-0.3, -0.25) is 4.98 Å². The zero-order valence-corrected chi connectivity index (χ0v) is 10.1. The van der Waals surface area contributed by atoms with Crippen molar-refractivity contribution in [2.75, 3.05) is 19.8 Å². The van der Waals surface area contributed by atoms with Crippen molar-refractivity contribution < 1.29 is 14.6 Å². The van der Waals surface area contributed by atoms with E-state index in [2.05, 4.69) is 4.98 Å². The Labute approximate surface area is 105 Å². The SMILES string of the molecule is OCCCc1nccc2cc3c(cc12)OCCO3. The van der Waals surface area contributed by atoms with Gasteiger partial charge >= 0.3 is 0 Å². The molecular formula is C14H15NO3. The van der Waals surface area contributed by atoms with E-state index in [1.807, 2.05) is 18.2 Å². The third-order valence-corrected chi connectivity index (χ3v) is 3.08. The van der Waals surface area contributed by atoms with Crippen LogP contribution in [0.25, 0.3) is 10.8 Å². The van der Waals surface area contributed by atoms with Gasteiger partial charge in [0.05, 0.1) is 0 Å². The molecule has 0 saturated heterocycles. The van der Waals surface area contributed by atoms with E-state index in [9.17, 15) is 0 Å². The molecule has 0 amide bonds. The average molecular weight is 245 g/mol. The third kappa shape index (κ3) is 1.99. The minimum Gasteiger partial charge on any atom is -0.486 e. The summed E-state index contributed by atoms with van der Waals surface area (Å²) in [5.74, 6) is 1.58. The van der Waals surface area contributed by atoms with Crippen LogP contribution in [0, 0.1) is 0 Å². The van der Waals surface area contributed by atoms with Gasteiger partial charge in [-0.25, -0.2) is 0 Å². The van der Waals surface area contributed by atoms with Crippen LogP contribution in [0.4, 0.5) is 0 Å². The lowest BCUT2D eigenvalue weighted by Crippen LogP contribution is -2.15. The van der Waals surface area contributed by atoms with Crippen molar-refractivity contribution in [2.24, 2.45) is 0 Å². The zero-order valence-electron chi connectivity index (χ0n) is 10.1. The van der Waals surface area contributed by atoms with Crippen LogP contribution in [-0.4, -0.2) is 29.9 Å². The lowest BCUT2D eigenvalue weighted by molar-refractivity contribution is 0.172. The van der Waals surface area contributed by atoms with Gasteiger partial charge in [0.15, 0.2) is 11.5 Å². The first-order chi connectivity index (χ1) is 8.88. The van der Waals surface area contributed by atoms with E-state index in [1.54, 1.807) is 6.20 Å². The van der Waals surface area contributed by atoms with E-state index in [-0.39, 0.29) is 6.61 Å². The standard InChI is InChI=1S/C14H15NO3/c16-5-1-2-12-11-9-14-13(17-6-7-18-14)8-10(11)3-4-15-12/h3-4,8-9,16H,1-2,5-7H2. The molecule has 1 aromatic heterocycles. The van der Waals surface area contributed by atoms with Gasteiger partial charge in [0.2, 0.25) is 0 Å². The maximum Gasteiger partial charge on any atom is 0.162 e. The number of aromatic nitrogens is 1. The van der Waals surface area contributed by atoms with Crippen LogP contribution in [-0.2, 0) is 6.42 Å². The molecule has 2 aromatic rings. The van der Waals surface area contributed by atoms with Crippen molar-refractivity contribution in [3.8, 4) is 11.5 Å². The molecule has 0 unspecified atom stereocenters. The summed E-state index contributed by atoms with van der Waals surface area (Å²) in [4.78, 5) is 4.39. The van der Waals surface area contributed by atoms with Crippen LogP contribution in [0.1, 0.15) is 12.1 Å². The number of rotatable bonds is 3. The number of hydrogen-bond acceptors (Lipinski definition) is 4. The highest BCUT2D eigenvalue weighted by Crippen LogP contribution is 2.35. The fourth-order valence-corrected chi connectivity index (χ4v) is 2.22. The van der Waals surface area contributed by atoms with Gasteiger partial charge in [0, 0.05) is 23.9 Å². The lowest BCUT2D eigenvalue weighted by Gasteiger charge is -2.19. The highest BCUT2D eigenvalue weighted by atomic mass is 16.6. The minimum atomic E-state index is 0.183. The summed E-state index contributed by atoms with van der Waals surface area (Å²) in [6.07, 6.45) is 3.29. The number of benzene rings is 1. The van der Waals surface area contributed by atoms with E-state index in [0.717, 1.165) is 40.8 Å². The highest BCUT2D eigenvalue weighted by Gasteiger charge is 2.14. The largest absolute Gasteiger partial charge is 0.486 e. The molecule has 0 fully saturated rings. The molecule has 18 heavy (non-hydrogen) atoms. The molecule has 1 N–H and O–H groups in total. The van der Waals surface area contributed by atoms with Crippen molar-refractivity contribution in [1.82, 2.24) is 4.98 Å². The Balaban J connectivity index is 2.09. The van der Waals surface area contributed by atoms with E-state index in [1.165, 1.54) is 0 Å². The number of pyridine rings is 1. The number of aryl methyl sites for hydroxylation is 1. The number of ether oxygens (including phenoxy) is 2. The maximum atomic E-state index is 8.92. The molecule has 4 heteroatoms. The molecular weight excluding hydrogens is 230 g/mol. The molecule has 1 aliphatic heterocycles. The monoisotopic (exact) mass is 245 g/mol. The average Bonchev–Trinajstić information content (AvgIpc) is 2.43. The summed E-state index contributed by atoms with van der Waals surface area (Å²) >= 11 is 0. The summed E-state index contributed by atoms with van der Waals surface area (Å²) in [6.45, 7) is 1.37. The predicted octanol–water partition coefficient (Wildman–Crippen LogP) is 1.93. The fraction of sp³-hybridized carbons (Fsp3) is 0.357. The summed E-state index contributed by atoms with van der Waals surface area (Å²) in [5.41, 5.74) is 0.999. The van der Waals surface area contributed by atoms with E-state index < -0.39 is 0 Å². The second kappa shape index (κ2) is 4.82. The van der Waals surface area contributed by atoms with Crippen molar-refractivity contribution in [2.45, 2.75) is 12.8 Å². The highest BCUT2D eigenvalue weighted by molar-refractivity contribution is 5.88. The van der Waals surface area contributed by atoms with Gasteiger partial charge in [-0.1, -0.05) is 0 Å². The molecule has 0 aliphatic carbocycles. The maximum absolute atomic E-state index is 8.92. The predicted molar refractivity (Wildman–Crippen MR) is 68.1 cm³/mol. The van der Waals surface area contributed by atoms with Crippen molar-refractivity contribution in [1.29, 1.82) is 0 Å². The summed E-state index contributed by atoms with van der Waals surface area (Å²) < 4.78 is 11.2. The molecule has 1 aliphatic rings. The van der Waals surface area contributed by atoms with Crippen molar-refractivity contribution >= 4 is 10.8 Å². The van der Waals surface area contributed by atoms with Gasteiger partial charge in [0.1, 0.15) is 13.2 Å². The second-order valence-electron chi connectivity index (χ2n) is 4.30. The summed E-state index contributed by atoms with van der Waals surface area (Å²) in [5, 5.41) is 11.1. The Morgan fingerprint density at radius 2 is 1.94 bits per heavy atom. The molecule has 4 nitrogen and oxygen atoms in total. The lowest BCUT2D eigenvalue weighted by atomic mass is 10.1. The summed E-state index contributed by atoms with van der Waals surface area (Å²) in [6, 6.07) is 5.95. The minimum absolute atomic E-state index is 0.183. The van der Waals surface area contributed by atoms with Crippen LogP contribution in [0.5, 0.6) is 11.5 Å². The zero-order chi connectivity index (χ0) is 12.4. The Hall–Kier alpha value is -1.81. The molecule has 0 atom stereocenters. The smallest absolute Gasteiger partial charge is 0.162 e. The first kappa shape index (κ1) is 11.3. The number of nitrogens with zero attached hydrogens (tertiary/aromatic N) is 1. The molecule has 2 heterocycles. The Bertz CT molecular complexity index is 568. The molecule has 1 aromatic carbocycles. The topological polar surface area (TPSA) is 51.6 Å². The quantitative estimate of drug-likeness (QED) is 0.897. The normalized spacial score (nSPS) is 13.8. The first-order valence-electron chi connectivity index (χ1n) is 6.16. The van der Waals surface area contributed by atoms with Crippen LogP contribution in [0.15, 0.2) is 24.4 Å². The fourth-order valence-electron chi connectivity index (χ4n) is 2.22. The van der Waals surface area contributed by atoms with Gasteiger partial charge in [-0.2, -0.15) is 0 Å². The van der Waals surface area contributed by atoms with Crippen LogP contribution in [0.2, 0.25) is 0 Å². The van der Waals surface area contributed by atoms with Crippen LogP contribution >= 0.6 is 0 Å².